The Balaban J connectivity index is 1.75. The number of nitrogens with two attached hydrogens (primary N) is 1. The third-order valence-electron chi connectivity index (χ3n) is 4.21. The fourth-order valence-electron chi connectivity index (χ4n) is 3.14. The largest absolute Gasteiger partial charge is 0.384 e. The summed E-state index contributed by atoms with van der Waals surface area (Å²) in [5.41, 5.74) is 6.94. The molecule has 0 unspecified atom stereocenters. The average molecular weight is 318 g/mol. The van der Waals surface area contributed by atoms with E-state index in [1.165, 1.54) is 10.7 Å². The Kier molecular flexibility index (Phi) is 4.47. The Morgan fingerprint density at radius 1 is 1.30 bits per heavy atom. The van der Waals surface area contributed by atoms with Gasteiger partial charge in [0.1, 0.15) is 5.82 Å². The molecular weight excluding hydrogens is 295 g/mol. The van der Waals surface area contributed by atoms with E-state index in [2.05, 4.69) is 34.0 Å². The molecule has 0 bridgehead atoms. The van der Waals surface area contributed by atoms with Gasteiger partial charge in [0.25, 0.3) is 0 Å². The number of hydrogen-bond acceptors (Lipinski definition) is 5. The van der Waals surface area contributed by atoms with Gasteiger partial charge in [-0.2, -0.15) is 4.39 Å². The van der Waals surface area contributed by atoms with Gasteiger partial charge in [-0.05, 0) is 32.9 Å². The minimum absolute atomic E-state index is 0.420. The molecule has 1 aliphatic heterocycles. The smallest absolute Gasteiger partial charge is 0.233 e. The predicted molar refractivity (Wildman–Crippen MR) is 89.2 cm³/mol. The minimum atomic E-state index is -0.528. The van der Waals surface area contributed by atoms with Crippen LogP contribution in [0.2, 0.25) is 0 Å². The Bertz CT molecular complexity index is 660. The topological polar surface area (TPSA) is 63.2 Å². The summed E-state index contributed by atoms with van der Waals surface area (Å²) >= 11 is 0. The van der Waals surface area contributed by atoms with Crippen molar-refractivity contribution in [1.29, 1.82) is 0 Å². The molecule has 23 heavy (non-hydrogen) atoms. The van der Waals surface area contributed by atoms with Gasteiger partial charge in [-0.15, -0.1) is 5.10 Å². The molecular formula is C16H23FN6. The third-order valence-corrected chi connectivity index (χ3v) is 4.21. The van der Waals surface area contributed by atoms with Gasteiger partial charge in [-0.25, -0.2) is 9.67 Å². The van der Waals surface area contributed by atoms with Gasteiger partial charge in [-0.3, -0.25) is 0 Å². The van der Waals surface area contributed by atoms with Gasteiger partial charge < -0.3 is 15.5 Å². The van der Waals surface area contributed by atoms with Crippen LogP contribution in [-0.4, -0.2) is 53.4 Å². The molecule has 0 atom stereocenters. The number of piperidine rings is 1. The fourth-order valence-corrected chi connectivity index (χ4v) is 3.14. The number of pyridine rings is 1. The summed E-state index contributed by atoms with van der Waals surface area (Å²) in [4.78, 5) is 8.80. The Morgan fingerprint density at radius 2 is 2.04 bits per heavy atom. The molecule has 0 radical (unpaired) electrons. The summed E-state index contributed by atoms with van der Waals surface area (Å²) < 4.78 is 14.5. The molecule has 1 fully saturated rings. The van der Waals surface area contributed by atoms with Crippen molar-refractivity contribution in [3.8, 4) is 5.82 Å². The van der Waals surface area contributed by atoms with Crippen molar-refractivity contribution in [2.45, 2.75) is 12.8 Å². The number of nitrogens with zero attached hydrogens (tertiary/aromatic N) is 5. The highest BCUT2D eigenvalue weighted by atomic mass is 19.1. The summed E-state index contributed by atoms with van der Waals surface area (Å²) in [6.45, 7) is 3.12. The molecule has 1 aliphatic rings. The highest BCUT2D eigenvalue weighted by Gasteiger charge is 2.20. The lowest BCUT2D eigenvalue weighted by Gasteiger charge is -2.34. The molecule has 0 saturated carbocycles. The number of anilines is 2. The summed E-state index contributed by atoms with van der Waals surface area (Å²) in [6, 6.07) is 5.09. The van der Waals surface area contributed by atoms with Gasteiger partial charge >= 0.3 is 0 Å². The SMILES string of the molecule is CN(C)CC1CCN(c2cc(N)nc(-n3ccc(F)n3)c2)CC1. The zero-order chi connectivity index (χ0) is 16.4. The number of rotatable bonds is 4. The molecule has 124 valence electrons. The molecule has 7 heteroatoms. The van der Waals surface area contributed by atoms with Crippen molar-refractivity contribution >= 4 is 11.5 Å². The lowest BCUT2D eigenvalue weighted by Crippen LogP contribution is -2.37. The fraction of sp³-hybridized carbons (Fsp3) is 0.500. The summed E-state index contributed by atoms with van der Waals surface area (Å²) in [5.74, 6) is 1.17. The second-order valence-electron chi connectivity index (χ2n) is 6.38. The van der Waals surface area contributed by atoms with Crippen LogP contribution < -0.4 is 10.6 Å². The van der Waals surface area contributed by atoms with Crippen molar-refractivity contribution in [3.63, 3.8) is 0 Å². The molecule has 0 aliphatic carbocycles. The second-order valence-corrected chi connectivity index (χ2v) is 6.38. The maximum Gasteiger partial charge on any atom is 0.233 e. The van der Waals surface area contributed by atoms with Crippen LogP contribution in [0, 0.1) is 11.9 Å². The molecule has 0 amide bonds. The number of halogens is 1. The third kappa shape index (κ3) is 3.79. The zero-order valence-electron chi connectivity index (χ0n) is 13.6. The minimum Gasteiger partial charge on any atom is -0.384 e. The Morgan fingerprint density at radius 3 is 2.65 bits per heavy atom. The van der Waals surface area contributed by atoms with Crippen molar-refractivity contribution < 1.29 is 4.39 Å². The van der Waals surface area contributed by atoms with Crippen LogP contribution in [0.3, 0.4) is 0 Å². The lowest BCUT2D eigenvalue weighted by molar-refractivity contribution is 0.285. The summed E-state index contributed by atoms with van der Waals surface area (Å²) in [6.07, 6.45) is 3.86. The van der Waals surface area contributed by atoms with Crippen LogP contribution in [-0.2, 0) is 0 Å². The van der Waals surface area contributed by atoms with Gasteiger partial charge in [0.2, 0.25) is 5.95 Å². The van der Waals surface area contributed by atoms with Crippen molar-refractivity contribution in [3.05, 3.63) is 30.3 Å². The molecule has 2 aromatic heterocycles. The first-order valence-corrected chi connectivity index (χ1v) is 7.90. The van der Waals surface area contributed by atoms with Gasteiger partial charge in [0.05, 0.1) is 0 Å². The first-order chi connectivity index (χ1) is 11.0. The van der Waals surface area contributed by atoms with E-state index in [0.29, 0.717) is 11.6 Å². The van der Waals surface area contributed by atoms with E-state index in [1.807, 2.05) is 12.1 Å². The van der Waals surface area contributed by atoms with E-state index < -0.39 is 5.95 Å². The van der Waals surface area contributed by atoms with E-state index in [4.69, 9.17) is 5.73 Å². The molecule has 1 saturated heterocycles. The Labute approximate surface area is 135 Å². The average Bonchev–Trinajstić information content (AvgIpc) is 2.93. The standard InChI is InChI=1S/C16H23FN6/c1-21(2)11-12-3-6-22(7-4-12)13-9-15(18)19-16(10-13)23-8-5-14(17)20-23/h5,8-10,12H,3-4,6-7,11H2,1-2H3,(H2,18,19). The van der Waals surface area contributed by atoms with Crippen LogP contribution in [0.5, 0.6) is 0 Å². The summed E-state index contributed by atoms with van der Waals surface area (Å²) in [5, 5.41) is 3.76. The molecule has 2 N–H and O–H groups in total. The van der Waals surface area contributed by atoms with E-state index >= 15 is 0 Å². The van der Waals surface area contributed by atoms with Crippen LogP contribution in [0.4, 0.5) is 15.9 Å². The van der Waals surface area contributed by atoms with E-state index in [1.54, 1.807) is 6.20 Å². The van der Waals surface area contributed by atoms with Crippen molar-refractivity contribution in [2.24, 2.45) is 5.92 Å². The lowest BCUT2D eigenvalue weighted by atomic mass is 9.96. The normalized spacial score (nSPS) is 16.3. The quantitative estimate of drug-likeness (QED) is 0.931. The van der Waals surface area contributed by atoms with Gasteiger partial charge in [-0.1, -0.05) is 0 Å². The second kappa shape index (κ2) is 6.54. The molecule has 0 aromatic carbocycles. The highest BCUT2D eigenvalue weighted by molar-refractivity contribution is 5.57. The van der Waals surface area contributed by atoms with E-state index in [-0.39, 0.29) is 0 Å². The molecule has 3 rings (SSSR count). The van der Waals surface area contributed by atoms with Gasteiger partial charge in [0.15, 0.2) is 5.82 Å². The molecule has 6 nitrogen and oxygen atoms in total. The first-order valence-electron chi connectivity index (χ1n) is 7.90. The van der Waals surface area contributed by atoms with Crippen molar-refractivity contribution in [1.82, 2.24) is 19.7 Å². The maximum atomic E-state index is 13.1. The predicted octanol–water partition coefficient (Wildman–Crippen LogP) is 1.77. The van der Waals surface area contributed by atoms with Crippen molar-refractivity contribution in [2.75, 3.05) is 44.4 Å². The molecule has 0 spiro atoms. The molecule has 3 heterocycles. The van der Waals surface area contributed by atoms with Gasteiger partial charge in [0, 0.05) is 49.7 Å². The van der Waals surface area contributed by atoms with E-state index in [9.17, 15) is 4.39 Å². The van der Waals surface area contributed by atoms with Crippen LogP contribution >= 0.6 is 0 Å². The zero-order valence-corrected chi connectivity index (χ0v) is 13.6. The highest BCUT2D eigenvalue weighted by Crippen LogP contribution is 2.26. The first kappa shape index (κ1) is 15.7. The van der Waals surface area contributed by atoms with Crippen LogP contribution in [0.1, 0.15) is 12.8 Å². The van der Waals surface area contributed by atoms with Crippen LogP contribution in [0.25, 0.3) is 5.82 Å². The summed E-state index contributed by atoms with van der Waals surface area (Å²) in [7, 11) is 4.23. The number of hydrogen-bond donors (Lipinski definition) is 1. The maximum absolute atomic E-state index is 13.1. The number of nitrogen functional groups attached to an aromatic ring is 1. The number of aromatic nitrogens is 3. The Hall–Kier alpha value is -2.15. The molecule has 2 aromatic rings. The van der Waals surface area contributed by atoms with E-state index in [0.717, 1.165) is 44.1 Å². The monoisotopic (exact) mass is 318 g/mol. The van der Waals surface area contributed by atoms with Crippen LogP contribution in [0.15, 0.2) is 24.4 Å².